The van der Waals surface area contributed by atoms with Gasteiger partial charge in [0.05, 0.1) is 6.61 Å². The molecule has 0 atom stereocenters. The predicted octanol–water partition coefficient (Wildman–Crippen LogP) is 3.68. The Morgan fingerprint density at radius 2 is 2.06 bits per heavy atom. The molecule has 2 heteroatoms. The second-order valence-corrected chi connectivity index (χ2v) is 4.14. The summed E-state index contributed by atoms with van der Waals surface area (Å²) in [6.45, 7) is 5.84. The molecule has 1 aromatic rings. The van der Waals surface area contributed by atoms with E-state index in [0.717, 1.165) is 12.8 Å². The average molecular weight is 244 g/mol. The van der Waals surface area contributed by atoms with E-state index in [1.54, 1.807) is 13.0 Å². The largest absolute Gasteiger partial charge is 0.462 e. The van der Waals surface area contributed by atoms with Crippen molar-refractivity contribution in [1.29, 1.82) is 0 Å². The first kappa shape index (κ1) is 14.2. The molecule has 0 saturated carbocycles. The van der Waals surface area contributed by atoms with Gasteiger partial charge in [-0.15, -0.1) is 6.58 Å². The van der Waals surface area contributed by atoms with Crippen LogP contribution in [0.15, 0.2) is 54.6 Å². The second-order valence-electron chi connectivity index (χ2n) is 4.14. The van der Waals surface area contributed by atoms with E-state index >= 15 is 0 Å². The van der Waals surface area contributed by atoms with Crippen molar-refractivity contribution in [2.75, 3.05) is 6.61 Å². The third kappa shape index (κ3) is 5.48. The molecule has 0 fully saturated rings. The van der Waals surface area contributed by atoms with Gasteiger partial charge in [-0.1, -0.05) is 42.5 Å². The molecule has 1 rings (SSSR count). The fourth-order valence-electron chi connectivity index (χ4n) is 1.54. The molecule has 2 nitrogen and oxygen atoms in total. The van der Waals surface area contributed by atoms with Gasteiger partial charge in [-0.3, -0.25) is 0 Å². The van der Waals surface area contributed by atoms with E-state index in [4.69, 9.17) is 4.74 Å². The monoisotopic (exact) mass is 244 g/mol. The number of benzene rings is 1. The van der Waals surface area contributed by atoms with E-state index in [9.17, 15) is 4.79 Å². The summed E-state index contributed by atoms with van der Waals surface area (Å²) in [5.74, 6) is -0.232. The van der Waals surface area contributed by atoms with E-state index in [0.29, 0.717) is 18.6 Å². The number of esters is 1. The van der Waals surface area contributed by atoms with Crippen molar-refractivity contribution < 1.29 is 9.53 Å². The molecule has 0 bridgehead atoms. The Balaban J connectivity index is 2.22. The maximum atomic E-state index is 11.5. The molecule has 0 aliphatic heterocycles. The number of carbonyl (C=O) groups excluding carboxylic acids is 1. The van der Waals surface area contributed by atoms with Crippen LogP contribution in [0.5, 0.6) is 0 Å². The van der Waals surface area contributed by atoms with Gasteiger partial charge in [0.2, 0.25) is 0 Å². The topological polar surface area (TPSA) is 26.3 Å². The summed E-state index contributed by atoms with van der Waals surface area (Å²) in [6.07, 6.45) is 6.07. The zero-order valence-electron chi connectivity index (χ0n) is 10.9. The Hall–Kier alpha value is -1.83. The molecule has 0 N–H and O–H groups in total. The van der Waals surface area contributed by atoms with Crippen LogP contribution in [0.3, 0.4) is 0 Å². The minimum Gasteiger partial charge on any atom is -0.462 e. The van der Waals surface area contributed by atoms with Crippen molar-refractivity contribution in [2.45, 2.75) is 26.2 Å². The van der Waals surface area contributed by atoms with Crippen molar-refractivity contribution in [3.05, 3.63) is 60.2 Å². The van der Waals surface area contributed by atoms with Gasteiger partial charge in [0.25, 0.3) is 0 Å². The van der Waals surface area contributed by atoms with Crippen LogP contribution in [0, 0.1) is 0 Å². The van der Waals surface area contributed by atoms with Crippen LogP contribution in [-0.4, -0.2) is 12.6 Å². The highest BCUT2D eigenvalue weighted by Crippen LogP contribution is 2.04. The first-order valence-corrected chi connectivity index (χ1v) is 6.22. The number of hydrogen-bond donors (Lipinski definition) is 0. The van der Waals surface area contributed by atoms with Gasteiger partial charge < -0.3 is 4.74 Å². The maximum Gasteiger partial charge on any atom is 0.333 e. The summed E-state index contributed by atoms with van der Waals surface area (Å²) in [5.41, 5.74) is 1.92. The second kappa shape index (κ2) is 8.29. The highest BCUT2D eigenvalue weighted by Gasteiger charge is 2.04. The predicted molar refractivity (Wildman–Crippen MR) is 74.3 cm³/mol. The normalized spacial score (nSPS) is 11.1. The quantitative estimate of drug-likeness (QED) is 0.316. The Labute approximate surface area is 109 Å². The fourth-order valence-corrected chi connectivity index (χ4v) is 1.54. The Morgan fingerprint density at radius 3 is 2.72 bits per heavy atom. The minimum atomic E-state index is -0.232. The lowest BCUT2D eigenvalue weighted by Crippen LogP contribution is -2.07. The minimum absolute atomic E-state index is 0.232. The van der Waals surface area contributed by atoms with Gasteiger partial charge in [-0.2, -0.15) is 0 Å². The lowest BCUT2D eigenvalue weighted by Gasteiger charge is -2.05. The molecule has 96 valence electrons. The summed E-state index contributed by atoms with van der Waals surface area (Å²) < 4.78 is 5.18. The third-order valence-corrected chi connectivity index (χ3v) is 2.60. The molecule has 0 saturated heterocycles. The fraction of sp³-hybridized carbons (Fsp3) is 0.312. The van der Waals surface area contributed by atoms with Gasteiger partial charge in [0.1, 0.15) is 0 Å². The number of hydrogen-bond acceptors (Lipinski definition) is 2. The van der Waals surface area contributed by atoms with Crippen LogP contribution in [0.25, 0.3) is 0 Å². The van der Waals surface area contributed by atoms with Crippen LogP contribution >= 0.6 is 0 Å². The van der Waals surface area contributed by atoms with Gasteiger partial charge in [0.15, 0.2) is 0 Å². The highest BCUT2D eigenvalue weighted by atomic mass is 16.5. The van der Waals surface area contributed by atoms with E-state index in [-0.39, 0.29) is 5.97 Å². The van der Waals surface area contributed by atoms with Crippen molar-refractivity contribution in [3.63, 3.8) is 0 Å². The van der Waals surface area contributed by atoms with Crippen LogP contribution < -0.4 is 0 Å². The Bertz CT molecular complexity index is 404. The first-order valence-electron chi connectivity index (χ1n) is 6.22. The number of allylic oxidation sites excluding steroid dienone is 2. The summed E-state index contributed by atoms with van der Waals surface area (Å²) in [7, 11) is 0. The Kier molecular flexibility index (Phi) is 6.55. The van der Waals surface area contributed by atoms with Crippen molar-refractivity contribution >= 4 is 5.97 Å². The average Bonchev–Trinajstić information content (AvgIpc) is 2.41. The lowest BCUT2D eigenvalue weighted by molar-refractivity contribution is -0.139. The van der Waals surface area contributed by atoms with Crippen molar-refractivity contribution in [1.82, 2.24) is 0 Å². The smallest absolute Gasteiger partial charge is 0.333 e. The molecule has 1 aromatic carbocycles. The zero-order valence-corrected chi connectivity index (χ0v) is 10.9. The molecule has 0 amide bonds. The van der Waals surface area contributed by atoms with Gasteiger partial charge in [-0.25, -0.2) is 4.79 Å². The van der Waals surface area contributed by atoms with Crippen LogP contribution in [-0.2, 0) is 16.0 Å². The Morgan fingerprint density at radius 1 is 1.33 bits per heavy atom. The summed E-state index contributed by atoms with van der Waals surface area (Å²) in [6, 6.07) is 10.2. The van der Waals surface area contributed by atoms with Crippen molar-refractivity contribution in [3.8, 4) is 0 Å². The van der Waals surface area contributed by atoms with Crippen LogP contribution in [0.1, 0.15) is 25.3 Å². The van der Waals surface area contributed by atoms with Gasteiger partial charge >= 0.3 is 5.97 Å². The van der Waals surface area contributed by atoms with Crippen LogP contribution in [0.2, 0.25) is 0 Å². The van der Waals surface area contributed by atoms with E-state index in [1.807, 2.05) is 24.3 Å². The maximum absolute atomic E-state index is 11.5. The van der Waals surface area contributed by atoms with Crippen LogP contribution in [0.4, 0.5) is 0 Å². The highest BCUT2D eigenvalue weighted by molar-refractivity contribution is 5.87. The van der Waals surface area contributed by atoms with Gasteiger partial charge in [0, 0.05) is 5.57 Å². The number of aryl methyl sites for hydroxylation is 1. The molecule has 0 aliphatic carbocycles. The van der Waals surface area contributed by atoms with E-state index in [1.165, 1.54) is 5.56 Å². The van der Waals surface area contributed by atoms with E-state index < -0.39 is 0 Å². The lowest BCUT2D eigenvalue weighted by atomic mass is 10.1. The molecular formula is C16H20O2. The molecule has 0 unspecified atom stereocenters. The SMILES string of the molecule is C=CCC=C(C)C(=O)OCCCc1ccccc1. The van der Waals surface area contributed by atoms with E-state index in [2.05, 4.69) is 18.7 Å². The molecule has 0 heterocycles. The molecule has 0 radical (unpaired) electrons. The molecule has 0 aliphatic rings. The number of ether oxygens (including phenoxy) is 1. The molecular weight excluding hydrogens is 224 g/mol. The molecule has 0 spiro atoms. The summed E-state index contributed by atoms with van der Waals surface area (Å²) in [5, 5.41) is 0. The van der Waals surface area contributed by atoms with Crippen molar-refractivity contribution in [2.24, 2.45) is 0 Å². The number of carbonyl (C=O) groups is 1. The molecule has 0 aromatic heterocycles. The first-order chi connectivity index (χ1) is 8.74. The zero-order chi connectivity index (χ0) is 13.2. The van der Waals surface area contributed by atoms with Gasteiger partial charge in [-0.05, 0) is 31.7 Å². The number of rotatable bonds is 7. The summed E-state index contributed by atoms with van der Waals surface area (Å²) in [4.78, 5) is 11.5. The third-order valence-electron chi connectivity index (χ3n) is 2.60. The summed E-state index contributed by atoms with van der Waals surface area (Å²) >= 11 is 0. The molecule has 18 heavy (non-hydrogen) atoms. The standard InChI is InChI=1S/C16H20O2/c1-3-4-9-14(2)16(17)18-13-8-12-15-10-6-5-7-11-15/h3,5-7,9-11H,1,4,8,12-13H2,2H3.